The van der Waals surface area contributed by atoms with Crippen LogP contribution in [0.4, 0.5) is 4.79 Å². The van der Waals surface area contributed by atoms with Crippen molar-refractivity contribution >= 4 is 47.2 Å². The van der Waals surface area contributed by atoms with Gasteiger partial charge in [0.2, 0.25) is 0 Å². The van der Waals surface area contributed by atoms with E-state index in [-0.39, 0.29) is 31.2 Å². The van der Waals surface area contributed by atoms with Crippen LogP contribution >= 0.6 is 23.2 Å². The summed E-state index contributed by atoms with van der Waals surface area (Å²) in [6.07, 6.45) is 6.43. The summed E-state index contributed by atoms with van der Waals surface area (Å²) in [4.78, 5) is 55.6. The predicted molar refractivity (Wildman–Crippen MR) is 209 cm³/mol. The zero-order chi connectivity index (χ0) is 40.8. The lowest BCUT2D eigenvalue weighted by molar-refractivity contribution is -0.144. The number of aromatic nitrogens is 4. The second kappa shape index (κ2) is 21.2. The second-order valence-corrected chi connectivity index (χ2v) is 15.2. The first-order valence-corrected chi connectivity index (χ1v) is 18.6. The zero-order valence-corrected chi connectivity index (χ0v) is 33.1. The Morgan fingerprint density at radius 3 is 1.76 bits per heavy atom. The maximum absolute atomic E-state index is 11.7. The minimum Gasteiger partial charge on any atom is -0.480 e. The second-order valence-electron chi connectivity index (χ2n) is 14.3. The summed E-state index contributed by atoms with van der Waals surface area (Å²) >= 11 is 12.1. The molecule has 0 saturated carbocycles. The Balaban J connectivity index is 0.000000296. The highest BCUT2D eigenvalue weighted by Crippen LogP contribution is 2.21. The smallest absolute Gasteiger partial charge is 0.408 e. The van der Waals surface area contributed by atoms with Gasteiger partial charge in [0.05, 0.1) is 12.7 Å². The Labute approximate surface area is 330 Å². The summed E-state index contributed by atoms with van der Waals surface area (Å²) in [6.45, 7) is 10.7. The number of hydrogen-bond donors (Lipinski definition) is 5. The number of imidazole rings is 2. The Kier molecular flexibility index (Phi) is 17.2. The van der Waals surface area contributed by atoms with Crippen LogP contribution in [0.5, 0.6) is 0 Å². The van der Waals surface area contributed by atoms with Gasteiger partial charge in [-0.3, -0.25) is 19.8 Å². The fourth-order valence-corrected chi connectivity index (χ4v) is 6.53. The molecule has 0 saturated heterocycles. The van der Waals surface area contributed by atoms with Crippen LogP contribution in [0.15, 0.2) is 67.5 Å². The monoisotopic (exact) mass is 800 g/mol. The van der Waals surface area contributed by atoms with Gasteiger partial charge in [-0.2, -0.15) is 0 Å². The molecule has 5 N–H and O–H groups in total. The average molecular weight is 802 g/mol. The maximum atomic E-state index is 11.7. The molecule has 2 aromatic heterocycles. The molecule has 4 aromatic rings. The first kappa shape index (κ1) is 44.5. The lowest BCUT2D eigenvalue weighted by Gasteiger charge is -2.27. The van der Waals surface area contributed by atoms with Gasteiger partial charge < -0.3 is 29.6 Å². The Morgan fingerprint density at radius 2 is 1.25 bits per heavy atom. The summed E-state index contributed by atoms with van der Waals surface area (Å²) in [6, 6.07) is 10.3. The van der Waals surface area contributed by atoms with Crippen molar-refractivity contribution in [2.45, 2.75) is 91.5 Å². The molecule has 0 fully saturated rings. The first-order valence-electron chi connectivity index (χ1n) is 17.9. The molecular weight excluding hydrogens is 751 g/mol. The van der Waals surface area contributed by atoms with Crippen LogP contribution in [0.1, 0.15) is 68.6 Å². The number of amides is 1. The van der Waals surface area contributed by atoms with Crippen molar-refractivity contribution in [3.05, 3.63) is 106 Å². The standard InChI is InChI=1S/C20H27N3O4.C19H23Cl2N3O4/c1-13(2)8-17(19(24)25)22-18(20(26)27)9-16-10-21-12-23(16)11-15-6-4-14(3)5-7-15;1-12(2)5-17(18(25)26)24(19(27)28)4-3-16-9-22-11-23(16)10-13-6-14(20)8-15(21)7-13/h4-7,10,12-13,17-18,22H,8-9,11H2,1-3H3,(H,24,25)(H,26,27);6-9,11-12,17H,3-5,10H2,1-2H3,(H,25,26)(H,27,28). The summed E-state index contributed by atoms with van der Waals surface area (Å²) in [5, 5.41) is 41.7. The van der Waals surface area contributed by atoms with E-state index in [1.165, 1.54) is 5.56 Å². The van der Waals surface area contributed by atoms with E-state index in [2.05, 4.69) is 15.3 Å². The zero-order valence-electron chi connectivity index (χ0n) is 31.6. The van der Waals surface area contributed by atoms with Gasteiger partial charge in [0.15, 0.2) is 0 Å². The number of nitrogens with one attached hydrogen (secondary N) is 1. The van der Waals surface area contributed by atoms with Crippen molar-refractivity contribution in [2.24, 2.45) is 11.8 Å². The molecule has 2 aromatic carbocycles. The third kappa shape index (κ3) is 14.7. The van der Waals surface area contributed by atoms with E-state index in [9.17, 15) is 39.6 Å². The fraction of sp³-hybridized carbons (Fsp3) is 0.436. The molecule has 16 heteroatoms. The topological polar surface area (TPSA) is 200 Å². The van der Waals surface area contributed by atoms with Crippen LogP contribution in [0.3, 0.4) is 0 Å². The lowest BCUT2D eigenvalue weighted by atomic mass is 10.0. The number of carbonyl (C=O) groups is 4. The third-order valence-corrected chi connectivity index (χ3v) is 9.11. The van der Waals surface area contributed by atoms with Crippen molar-refractivity contribution in [1.29, 1.82) is 0 Å². The highest BCUT2D eigenvalue weighted by atomic mass is 35.5. The van der Waals surface area contributed by atoms with Crippen LogP contribution in [-0.2, 0) is 40.3 Å². The number of hydrogen-bond acceptors (Lipinski definition) is 7. The van der Waals surface area contributed by atoms with E-state index >= 15 is 0 Å². The SMILES string of the molecule is CC(C)CC(C(=O)O)N(CCc1cncn1Cc1cc(Cl)cc(Cl)c1)C(=O)O.Cc1ccc(Cn2cncc2CC(NC(CC(C)C)C(=O)O)C(=O)O)cc1. The molecule has 4 rings (SSSR count). The molecule has 3 unspecified atom stereocenters. The van der Waals surface area contributed by atoms with Gasteiger partial charge in [-0.1, -0.05) is 80.7 Å². The van der Waals surface area contributed by atoms with E-state index in [1.54, 1.807) is 43.2 Å². The van der Waals surface area contributed by atoms with Crippen molar-refractivity contribution in [3.8, 4) is 0 Å². The molecule has 0 aliphatic rings. The molecule has 55 heavy (non-hydrogen) atoms. The lowest BCUT2D eigenvalue weighted by Crippen LogP contribution is -2.49. The molecule has 0 aliphatic heterocycles. The average Bonchev–Trinajstić information content (AvgIpc) is 3.72. The quantitative estimate of drug-likeness (QED) is 0.0686. The van der Waals surface area contributed by atoms with Crippen molar-refractivity contribution in [3.63, 3.8) is 0 Å². The van der Waals surface area contributed by atoms with E-state index in [1.807, 2.05) is 68.0 Å². The van der Waals surface area contributed by atoms with Gasteiger partial charge in [0.1, 0.15) is 18.1 Å². The molecular formula is C39H50Cl2N6O8. The fourth-order valence-electron chi connectivity index (χ4n) is 5.96. The number of rotatable bonds is 19. The van der Waals surface area contributed by atoms with Gasteiger partial charge in [-0.05, 0) is 60.9 Å². The van der Waals surface area contributed by atoms with E-state index in [0.717, 1.165) is 27.4 Å². The Morgan fingerprint density at radius 1 is 0.727 bits per heavy atom. The maximum Gasteiger partial charge on any atom is 0.408 e. The van der Waals surface area contributed by atoms with Crippen LogP contribution in [0.2, 0.25) is 10.0 Å². The predicted octanol–water partition coefficient (Wildman–Crippen LogP) is 6.58. The molecule has 2 heterocycles. The minimum absolute atomic E-state index is 0.0565. The van der Waals surface area contributed by atoms with Crippen molar-refractivity contribution in [2.75, 3.05) is 6.54 Å². The van der Waals surface area contributed by atoms with Crippen LogP contribution in [0.25, 0.3) is 0 Å². The van der Waals surface area contributed by atoms with E-state index < -0.39 is 42.1 Å². The molecule has 0 radical (unpaired) electrons. The minimum atomic E-state index is -1.25. The van der Waals surface area contributed by atoms with E-state index in [4.69, 9.17) is 23.2 Å². The Bertz CT molecular complexity index is 1860. The van der Waals surface area contributed by atoms with Crippen LogP contribution in [-0.4, -0.2) is 93.1 Å². The summed E-state index contributed by atoms with van der Waals surface area (Å²) in [5.74, 6) is -3.06. The number of aliphatic carboxylic acids is 3. The molecule has 298 valence electrons. The summed E-state index contributed by atoms with van der Waals surface area (Å²) in [7, 11) is 0. The van der Waals surface area contributed by atoms with Gasteiger partial charge in [-0.15, -0.1) is 0 Å². The van der Waals surface area contributed by atoms with Gasteiger partial charge in [0, 0.05) is 66.3 Å². The summed E-state index contributed by atoms with van der Waals surface area (Å²) < 4.78 is 3.75. The largest absolute Gasteiger partial charge is 0.480 e. The first-order chi connectivity index (χ1) is 25.9. The molecule has 0 aliphatic carbocycles. The highest BCUT2D eigenvalue weighted by molar-refractivity contribution is 6.34. The van der Waals surface area contributed by atoms with Crippen LogP contribution < -0.4 is 5.32 Å². The number of carboxylic acids is 3. The van der Waals surface area contributed by atoms with Crippen molar-refractivity contribution < 1.29 is 39.6 Å². The number of aryl methyl sites for hydroxylation is 1. The third-order valence-electron chi connectivity index (χ3n) is 8.68. The number of carboxylic acid groups (broad SMARTS) is 4. The van der Waals surface area contributed by atoms with E-state index in [0.29, 0.717) is 36.0 Å². The highest BCUT2D eigenvalue weighted by Gasteiger charge is 2.30. The Hall–Kier alpha value is -4.92. The molecule has 3 atom stereocenters. The molecule has 1 amide bonds. The molecule has 14 nitrogen and oxygen atoms in total. The normalized spacial score (nSPS) is 12.8. The van der Waals surface area contributed by atoms with Gasteiger partial charge >= 0.3 is 24.0 Å². The number of halogens is 2. The van der Waals surface area contributed by atoms with Gasteiger partial charge in [0.25, 0.3) is 0 Å². The van der Waals surface area contributed by atoms with Crippen molar-refractivity contribution in [1.82, 2.24) is 29.3 Å². The number of nitrogens with zero attached hydrogens (tertiary/aromatic N) is 5. The van der Waals surface area contributed by atoms with Gasteiger partial charge in [-0.25, -0.2) is 19.6 Å². The van der Waals surface area contributed by atoms with Crippen LogP contribution in [0, 0.1) is 18.8 Å². The molecule has 0 bridgehead atoms. The summed E-state index contributed by atoms with van der Waals surface area (Å²) in [5.41, 5.74) is 4.67. The number of benzene rings is 2. The molecule has 0 spiro atoms.